The molecule has 1 aliphatic rings. The first kappa shape index (κ1) is 14.1. The van der Waals surface area contributed by atoms with Gasteiger partial charge in [0.05, 0.1) is 18.6 Å². The second-order valence-electron chi connectivity index (χ2n) is 5.29. The second kappa shape index (κ2) is 6.20. The van der Waals surface area contributed by atoms with E-state index in [1.807, 2.05) is 44.2 Å². The van der Waals surface area contributed by atoms with E-state index in [0.717, 1.165) is 12.0 Å². The molecule has 1 aliphatic heterocycles. The fraction of sp³-hybridized carbons (Fsp3) is 0.562. The van der Waals surface area contributed by atoms with Gasteiger partial charge in [-0.1, -0.05) is 44.2 Å². The Balaban J connectivity index is 2.02. The highest BCUT2D eigenvalue weighted by atomic mass is 16.6. The molecule has 3 nitrogen and oxygen atoms in total. The van der Waals surface area contributed by atoms with Crippen molar-refractivity contribution in [2.75, 3.05) is 0 Å². The van der Waals surface area contributed by atoms with Gasteiger partial charge in [0.1, 0.15) is 6.10 Å². The normalized spacial score (nSPS) is 31.0. The number of rotatable bonds is 4. The van der Waals surface area contributed by atoms with Crippen LogP contribution in [0.2, 0.25) is 0 Å². The average Bonchev–Trinajstić information content (AvgIpc) is 2.44. The summed E-state index contributed by atoms with van der Waals surface area (Å²) in [6, 6.07) is 10.0. The van der Waals surface area contributed by atoms with Crippen LogP contribution in [0.15, 0.2) is 30.3 Å². The first-order valence-electron chi connectivity index (χ1n) is 6.99. The number of esters is 1. The summed E-state index contributed by atoms with van der Waals surface area (Å²) in [5, 5.41) is 0. The molecule has 1 fully saturated rings. The fourth-order valence-corrected chi connectivity index (χ4v) is 2.68. The molecule has 19 heavy (non-hydrogen) atoms. The number of cyclic esters (lactones) is 1. The summed E-state index contributed by atoms with van der Waals surface area (Å²) in [5.41, 5.74) is 1.13. The van der Waals surface area contributed by atoms with E-state index < -0.39 is 0 Å². The molecule has 0 N–H and O–H groups in total. The molecule has 1 aromatic carbocycles. The second-order valence-corrected chi connectivity index (χ2v) is 5.29. The van der Waals surface area contributed by atoms with E-state index in [4.69, 9.17) is 9.47 Å². The van der Waals surface area contributed by atoms with Gasteiger partial charge < -0.3 is 9.47 Å². The van der Waals surface area contributed by atoms with Crippen LogP contribution >= 0.6 is 0 Å². The largest absolute Gasteiger partial charge is 0.462 e. The number of hydrogen-bond donors (Lipinski definition) is 0. The Labute approximate surface area is 114 Å². The molecule has 0 amide bonds. The van der Waals surface area contributed by atoms with Gasteiger partial charge in [0.15, 0.2) is 0 Å². The molecule has 104 valence electrons. The number of carbonyl (C=O) groups is 1. The number of ether oxygens (including phenoxy) is 2. The van der Waals surface area contributed by atoms with E-state index in [-0.39, 0.29) is 30.0 Å². The molecule has 3 heteroatoms. The molecule has 1 aromatic rings. The number of hydrogen-bond acceptors (Lipinski definition) is 3. The minimum atomic E-state index is -0.193. The topological polar surface area (TPSA) is 35.5 Å². The van der Waals surface area contributed by atoms with E-state index in [2.05, 4.69) is 6.92 Å². The van der Waals surface area contributed by atoms with E-state index in [9.17, 15) is 4.79 Å². The molecule has 0 saturated carbocycles. The summed E-state index contributed by atoms with van der Waals surface area (Å²) < 4.78 is 11.4. The monoisotopic (exact) mass is 262 g/mol. The Kier molecular flexibility index (Phi) is 4.59. The Morgan fingerprint density at radius 3 is 2.53 bits per heavy atom. The van der Waals surface area contributed by atoms with Crippen LogP contribution in [0.5, 0.6) is 0 Å². The molecule has 0 aromatic heterocycles. The van der Waals surface area contributed by atoms with Gasteiger partial charge in [0.25, 0.3) is 0 Å². The number of benzene rings is 1. The quantitative estimate of drug-likeness (QED) is 0.782. The zero-order chi connectivity index (χ0) is 13.8. The van der Waals surface area contributed by atoms with Crippen molar-refractivity contribution in [2.24, 2.45) is 11.8 Å². The van der Waals surface area contributed by atoms with Crippen molar-refractivity contribution in [3.8, 4) is 0 Å². The zero-order valence-electron chi connectivity index (χ0n) is 11.8. The summed E-state index contributed by atoms with van der Waals surface area (Å²) >= 11 is 0. The lowest BCUT2D eigenvalue weighted by atomic mass is 9.85. The van der Waals surface area contributed by atoms with Crippen molar-refractivity contribution in [1.29, 1.82) is 0 Å². The first-order chi connectivity index (χ1) is 9.13. The molecule has 0 bridgehead atoms. The van der Waals surface area contributed by atoms with Crippen molar-refractivity contribution in [2.45, 2.75) is 46.0 Å². The summed E-state index contributed by atoms with van der Waals surface area (Å²) in [6.07, 6.45) is 0.751. The lowest BCUT2D eigenvalue weighted by Gasteiger charge is -2.38. The van der Waals surface area contributed by atoms with E-state index in [1.54, 1.807) is 0 Å². The lowest BCUT2D eigenvalue weighted by Crippen LogP contribution is -2.47. The molecule has 1 heterocycles. The highest BCUT2D eigenvalue weighted by Crippen LogP contribution is 2.31. The van der Waals surface area contributed by atoms with Crippen LogP contribution in [0.3, 0.4) is 0 Å². The third kappa shape index (κ3) is 3.16. The van der Waals surface area contributed by atoms with Crippen molar-refractivity contribution in [1.82, 2.24) is 0 Å². The van der Waals surface area contributed by atoms with Crippen molar-refractivity contribution in [3.05, 3.63) is 35.9 Å². The SMILES string of the molecule is CC[C@H]1OC(=O)[C@H](C)[C@@H](OCc2ccccc2)[C@@H]1C. The Morgan fingerprint density at radius 2 is 1.89 bits per heavy atom. The molecular weight excluding hydrogens is 240 g/mol. The maximum atomic E-state index is 11.8. The van der Waals surface area contributed by atoms with Gasteiger partial charge in [0.2, 0.25) is 0 Å². The maximum absolute atomic E-state index is 11.8. The van der Waals surface area contributed by atoms with Gasteiger partial charge in [-0.3, -0.25) is 4.79 Å². The van der Waals surface area contributed by atoms with Crippen LogP contribution in [0.25, 0.3) is 0 Å². The minimum Gasteiger partial charge on any atom is -0.462 e. The molecule has 4 atom stereocenters. The Morgan fingerprint density at radius 1 is 1.21 bits per heavy atom. The number of carbonyl (C=O) groups excluding carboxylic acids is 1. The molecule has 0 radical (unpaired) electrons. The predicted molar refractivity (Wildman–Crippen MR) is 73.5 cm³/mol. The Hall–Kier alpha value is -1.35. The highest BCUT2D eigenvalue weighted by molar-refractivity contribution is 5.73. The third-order valence-corrected chi connectivity index (χ3v) is 3.92. The van der Waals surface area contributed by atoms with Gasteiger partial charge in [-0.15, -0.1) is 0 Å². The van der Waals surface area contributed by atoms with Crippen LogP contribution in [0.4, 0.5) is 0 Å². The summed E-state index contributed by atoms with van der Waals surface area (Å²) in [6.45, 7) is 6.58. The lowest BCUT2D eigenvalue weighted by molar-refractivity contribution is -0.184. The molecule has 1 saturated heterocycles. The summed E-state index contributed by atoms with van der Waals surface area (Å²) in [5.74, 6) is -0.0917. The summed E-state index contributed by atoms with van der Waals surface area (Å²) in [7, 11) is 0. The summed E-state index contributed by atoms with van der Waals surface area (Å²) in [4.78, 5) is 11.8. The molecular formula is C16H22O3. The molecule has 2 rings (SSSR count). The van der Waals surface area contributed by atoms with Crippen molar-refractivity contribution >= 4 is 5.97 Å². The van der Waals surface area contributed by atoms with Crippen LogP contribution in [0.1, 0.15) is 32.8 Å². The van der Waals surface area contributed by atoms with Gasteiger partial charge >= 0.3 is 5.97 Å². The Bertz CT molecular complexity index is 415. The van der Waals surface area contributed by atoms with E-state index in [0.29, 0.717) is 6.61 Å². The first-order valence-corrected chi connectivity index (χ1v) is 6.99. The van der Waals surface area contributed by atoms with Crippen LogP contribution in [-0.4, -0.2) is 18.2 Å². The minimum absolute atomic E-state index is 0.0236. The standard InChI is InChI=1S/C16H22O3/c1-4-14-11(2)15(12(3)16(17)19-14)18-10-13-8-6-5-7-9-13/h5-9,11-12,14-15H,4,10H2,1-3H3/t11-,12-,14-,15+/m1/s1. The molecule has 0 spiro atoms. The van der Waals surface area contributed by atoms with Crippen molar-refractivity contribution < 1.29 is 14.3 Å². The van der Waals surface area contributed by atoms with Gasteiger partial charge in [-0.25, -0.2) is 0 Å². The van der Waals surface area contributed by atoms with Crippen LogP contribution < -0.4 is 0 Å². The fourth-order valence-electron chi connectivity index (χ4n) is 2.68. The highest BCUT2D eigenvalue weighted by Gasteiger charge is 2.41. The van der Waals surface area contributed by atoms with Gasteiger partial charge in [-0.05, 0) is 18.9 Å². The maximum Gasteiger partial charge on any atom is 0.311 e. The van der Waals surface area contributed by atoms with E-state index >= 15 is 0 Å². The molecule has 0 unspecified atom stereocenters. The van der Waals surface area contributed by atoms with Gasteiger partial charge in [0, 0.05) is 5.92 Å². The van der Waals surface area contributed by atoms with Crippen LogP contribution in [0, 0.1) is 11.8 Å². The van der Waals surface area contributed by atoms with E-state index in [1.165, 1.54) is 0 Å². The predicted octanol–water partition coefficient (Wildman–Crippen LogP) is 3.18. The van der Waals surface area contributed by atoms with Crippen LogP contribution in [-0.2, 0) is 20.9 Å². The average molecular weight is 262 g/mol. The van der Waals surface area contributed by atoms with Crippen molar-refractivity contribution in [3.63, 3.8) is 0 Å². The zero-order valence-corrected chi connectivity index (χ0v) is 11.8. The van der Waals surface area contributed by atoms with Gasteiger partial charge in [-0.2, -0.15) is 0 Å². The third-order valence-electron chi connectivity index (χ3n) is 3.92. The smallest absolute Gasteiger partial charge is 0.311 e. The molecule has 0 aliphatic carbocycles.